The molecular formula is C13H9ClFN3O. The zero-order valence-electron chi connectivity index (χ0n) is 9.75. The van der Waals surface area contributed by atoms with E-state index in [0.717, 1.165) is 0 Å². The molecule has 0 aliphatic heterocycles. The molecule has 0 amide bonds. The van der Waals surface area contributed by atoms with Crippen molar-refractivity contribution in [1.82, 2.24) is 14.6 Å². The fourth-order valence-corrected chi connectivity index (χ4v) is 1.83. The SMILES string of the molecule is Fc1cccc(OCc2nc3ccc(Cl)cn3n2)c1. The van der Waals surface area contributed by atoms with Crippen molar-refractivity contribution in [3.63, 3.8) is 0 Å². The summed E-state index contributed by atoms with van der Waals surface area (Å²) in [6.45, 7) is 0.169. The lowest BCUT2D eigenvalue weighted by Gasteiger charge is -2.02. The Balaban J connectivity index is 1.78. The van der Waals surface area contributed by atoms with Gasteiger partial charge in [0.1, 0.15) is 18.2 Å². The molecule has 3 aromatic rings. The maximum Gasteiger partial charge on any atom is 0.189 e. The van der Waals surface area contributed by atoms with Gasteiger partial charge < -0.3 is 4.74 Å². The van der Waals surface area contributed by atoms with E-state index < -0.39 is 0 Å². The number of fused-ring (bicyclic) bond motifs is 1. The van der Waals surface area contributed by atoms with Gasteiger partial charge in [-0.05, 0) is 24.3 Å². The molecule has 0 bridgehead atoms. The summed E-state index contributed by atoms with van der Waals surface area (Å²) in [5.74, 6) is 0.607. The lowest BCUT2D eigenvalue weighted by Crippen LogP contribution is -1.98. The van der Waals surface area contributed by atoms with Crippen LogP contribution >= 0.6 is 11.6 Å². The topological polar surface area (TPSA) is 39.4 Å². The second-order valence-electron chi connectivity index (χ2n) is 3.92. The standard InChI is InChI=1S/C13H9ClFN3O/c14-9-4-5-13-16-12(17-18(13)7-9)8-19-11-3-1-2-10(15)6-11/h1-7H,8H2. The summed E-state index contributed by atoms with van der Waals surface area (Å²) in [6, 6.07) is 9.44. The van der Waals surface area contributed by atoms with Crippen LogP contribution in [0.1, 0.15) is 5.82 Å². The van der Waals surface area contributed by atoms with E-state index in [-0.39, 0.29) is 12.4 Å². The van der Waals surface area contributed by atoms with Crippen LogP contribution < -0.4 is 4.74 Å². The van der Waals surface area contributed by atoms with E-state index in [4.69, 9.17) is 16.3 Å². The van der Waals surface area contributed by atoms with Crippen molar-refractivity contribution in [2.24, 2.45) is 0 Å². The van der Waals surface area contributed by atoms with Gasteiger partial charge in [-0.1, -0.05) is 17.7 Å². The smallest absolute Gasteiger partial charge is 0.189 e. The third-order valence-electron chi connectivity index (χ3n) is 2.50. The molecule has 0 radical (unpaired) electrons. The van der Waals surface area contributed by atoms with Crippen LogP contribution in [0.3, 0.4) is 0 Å². The quantitative estimate of drug-likeness (QED) is 0.738. The Labute approximate surface area is 113 Å². The van der Waals surface area contributed by atoms with E-state index in [1.807, 2.05) is 0 Å². The molecule has 2 heterocycles. The van der Waals surface area contributed by atoms with Gasteiger partial charge in [0.15, 0.2) is 11.5 Å². The van der Waals surface area contributed by atoms with Crippen LogP contribution in [0.5, 0.6) is 5.75 Å². The summed E-state index contributed by atoms with van der Waals surface area (Å²) in [4.78, 5) is 4.27. The third kappa shape index (κ3) is 2.66. The highest BCUT2D eigenvalue weighted by Gasteiger charge is 2.05. The van der Waals surface area contributed by atoms with Crippen LogP contribution in [0.2, 0.25) is 5.02 Å². The summed E-state index contributed by atoms with van der Waals surface area (Å²) < 4.78 is 20.0. The van der Waals surface area contributed by atoms with E-state index >= 15 is 0 Å². The number of hydrogen-bond donors (Lipinski definition) is 0. The first-order valence-electron chi connectivity index (χ1n) is 5.60. The summed E-state index contributed by atoms with van der Waals surface area (Å²) >= 11 is 5.86. The molecule has 0 saturated carbocycles. The molecule has 96 valence electrons. The lowest BCUT2D eigenvalue weighted by atomic mass is 10.3. The molecule has 0 saturated heterocycles. The molecule has 0 unspecified atom stereocenters. The van der Waals surface area contributed by atoms with Crippen molar-refractivity contribution in [2.75, 3.05) is 0 Å². The lowest BCUT2D eigenvalue weighted by molar-refractivity contribution is 0.294. The Kier molecular flexibility index (Phi) is 3.05. The maximum atomic E-state index is 13.0. The molecule has 19 heavy (non-hydrogen) atoms. The second kappa shape index (κ2) is 4.85. The second-order valence-corrected chi connectivity index (χ2v) is 4.36. The predicted molar refractivity (Wildman–Crippen MR) is 68.7 cm³/mol. The van der Waals surface area contributed by atoms with Crippen LogP contribution in [-0.2, 0) is 6.61 Å². The van der Waals surface area contributed by atoms with Crippen LogP contribution in [0, 0.1) is 5.82 Å². The highest BCUT2D eigenvalue weighted by atomic mass is 35.5. The number of nitrogens with zero attached hydrogens (tertiary/aromatic N) is 3. The first-order chi connectivity index (χ1) is 9.20. The van der Waals surface area contributed by atoms with Crippen molar-refractivity contribution < 1.29 is 9.13 Å². The largest absolute Gasteiger partial charge is 0.485 e. The zero-order chi connectivity index (χ0) is 13.2. The van der Waals surface area contributed by atoms with Gasteiger partial charge >= 0.3 is 0 Å². The molecular weight excluding hydrogens is 269 g/mol. The minimum atomic E-state index is -0.341. The molecule has 6 heteroatoms. The minimum Gasteiger partial charge on any atom is -0.485 e. The van der Waals surface area contributed by atoms with Gasteiger partial charge in [-0.2, -0.15) is 0 Å². The molecule has 0 aliphatic carbocycles. The van der Waals surface area contributed by atoms with Crippen molar-refractivity contribution in [3.05, 3.63) is 59.3 Å². The number of hydrogen-bond acceptors (Lipinski definition) is 3. The van der Waals surface area contributed by atoms with E-state index in [2.05, 4.69) is 10.1 Å². The fraction of sp³-hybridized carbons (Fsp3) is 0.0769. The summed E-state index contributed by atoms with van der Waals surface area (Å²) in [5, 5.41) is 4.79. The fourth-order valence-electron chi connectivity index (χ4n) is 1.67. The monoisotopic (exact) mass is 277 g/mol. The van der Waals surface area contributed by atoms with Gasteiger partial charge in [-0.15, -0.1) is 5.10 Å². The molecule has 0 fully saturated rings. The van der Waals surface area contributed by atoms with Crippen LogP contribution in [0.25, 0.3) is 5.65 Å². The van der Waals surface area contributed by atoms with Gasteiger partial charge in [0.25, 0.3) is 0 Å². The summed E-state index contributed by atoms with van der Waals surface area (Å²) in [7, 11) is 0. The van der Waals surface area contributed by atoms with Crippen LogP contribution in [-0.4, -0.2) is 14.6 Å². The van der Waals surface area contributed by atoms with Gasteiger partial charge in [0.2, 0.25) is 0 Å². The number of rotatable bonds is 3. The third-order valence-corrected chi connectivity index (χ3v) is 2.73. The van der Waals surface area contributed by atoms with Crippen LogP contribution in [0.4, 0.5) is 4.39 Å². The van der Waals surface area contributed by atoms with Gasteiger partial charge in [-0.3, -0.25) is 0 Å². The Morgan fingerprint density at radius 2 is 2.16 bits per heavy atom. The Bertz CT molecular complexity index is 729. The highest BCUT2D eigenvalue weighted by molar-refractivity contribution is 6.30. The maximum absolute atomic E-state index is 13.0. The first kappa shape index (κ1) is 11.9. The number of ether oxygens (including phenoxy) is 1. The molecule has 0 atom stereocenters. The zero-order valence-corrected chi connectivity index (χ0v) is 10.5. The average Bonchev–Trinajstić information content (AvgIpc) is 2.78. The van der Waals surface area contributed by atoms with E-state index in [0.29, 0.717) is 22.2 Å². The Morgan fingerprint density at radius 1 is 1.26 bits per heavy atom. The van der Waals surface area contributed by atoms with E-state index in [1.165, 1.54) is 12.1 Å². The first-order valence-corrected chi connectivity index (χ1v) is 5.98. The van der Waals surface area contributed by atoms with Crippen LogP contribution in [0.15, 0.2) is 42.6 Å². The minimum absolute atomic E-state index is 0.169. The van der Waals surface area contributed by atoms with Gasteiger partial charge in [0, 0.05) is 12.3 Å². The van der Waals surface area contributed by atoms with Gasteiger partial charge in [0.05, 0.1) is 5.02 Å². The average molecular weight is 278 g/mol. The van der Waals surface area contributed by atoms with Crippen molar-refractivity contribution in [1.29, 1.82) is 0 Å². The highest BCUT2D eigenvalue weighted by Crippen LogP contribution is 2.14. The molecule has 0 N–H and O–H groups in total. The molecule has 0 spiro atoms. The normalized spacial score (nSPS) is 10.8. The van der Waals surface area contributed by atoms with E-state index in [1.54, 1.807) is 35.0 Å². The summed E-state index contributed by atoms with van der Waals surface area (Å²) in [6.07, 6.45) is 1.66. The summed E-state index contributed by atoms with van der Waals surface area (Å²) in [5.41, 5.74) is 0.683. The Morgan fingerprint density at radius 3 is 3.00 bits per heavy atom. The predicted octanol–water partition coefficient (Wildman–Crippen LogP) is 3.10. The number of halogens is 2. The van der Waals surface area contributed by atoms with Gasteiger partial charge in [-0.25, -0.2) is 13.9 Å². The molecule has 3 rings (SSSR count). The number of benzene rings is 1. The van der Waals surface area contributed by atoms with Crippen molar-refractivity contribution >= 4 is 17.2 Å². The van der Waals surface area contributed by atoms with E-state index in [9.17, 15) is 4.39 Å². The molecule has 4 nitrogen and oxygen atoms in total. The van der Waals surface area contributed by atoms with Crippen molar-refractivity contribution in [3.8, 4) is 5.75 Å². The molecule has 2 aromatic heterocycles. The number of aromatic nitrogens is 3. The molecule has 0 aliphatic rings. The number of pyridine rings is 1. The Hall–Kier alpha value is -2.14. The molecule has 1 aromatic carbocycles. The van der Waals surface area contributed by atoms with Crippen molar-refractivity contribution in [2.45, 2.75) is 6.61 Å².